The van der Waals surface area contributed by atoms with Crippen LogP contribution in [-0.2, 0) is 17.6 Å². The topological polar surface area (TPSA) is 38.8 Å². The second-order valence-corrected chi connectivity index (χ2v) is 9.86. The van der Waals surface area contributed by atoms with Crippen molar-refractivity contribution in [1.82, 2.24) is 20.0 Å². The first-order chi connectivity index (χ1) is 14.8. The van der Waals surface area contributed by atoms with Crippen LogP contribution in [0.2, 0.25) is 0 Å². The maximum Gasteiger partial charge on any atom is 0.227 e. The molecule has 1 amide bonds. The van der Waals surface area contributed by atoms with Gasteiger partial charge in [-0.1, -0.05) is 24.3 Å². The van der Waals surface area contributed by atoms with Crippen LogP contribution in [0.15, 0.2) is 24.3 Å². The van der Waals surface area contributed by atoms with Crippen LogP contribution in [0.4, 0.5) is 0 Å². The molecular formula is C25H38N4O. The van der Waals surface area contributed by atoms with Gasteiger partial charge < -0.3 is 10.2 Å². The molecule has 0 radical (unpaired) electrons. The van der Waals surface area contributed by atoms with Gasteiger partial charge in [-0.2, -0.15) is 0 Å². The molecule has 5 rings (SSSR count). The first-order valence-electron chi connectivity index (χ1n) is 12.3. The molecule has 3 aliphatic heterocycles. The molecule has 0 unspecified atom stereocenters. The fourth-order valence-corrected chi connectivity index (χ4v) is 6.27. The van der Waals surface area contributed by atoms with Crippen molar-refractivity contribution in [2.24, 2.45) is 5.92 Å². The largest absolute Gasteiger partial charge is 0.341 e. The van der Waals surface area contributed by atoms with Crippen molar-refractivity contribution in [3.8, 4) is 0 Å². The van der Waals surface area contributed by atoms with Crippen LogP contribution in [0, 0.1) is 5.92 Å². The van der Waals surface area contributed by atoms with Crippen molar-refractivity contribution in [2.75, 3.05) is 52.4 Å². The molecule has 0 bridgehead atoms. The average molecular weight is 411 g/mol. The van der Waals surface area contributed by atoms with Gasteiger partial charge in [-0.3, -0.25) is 14.6 Å². The first kappa shape index (κ1) is 20.5. The highest BCUT2D eigenvalue weighted by Gasteiger charge is 2.35. The lowest BCUT2D eigenvalue weighted by atomic mass is 9.92. The highest BCUT2D eigenvalue weighted by atomic mass is 16.2. The van der Waals surface area contributed by atoms with Gasteiger partial charge in [0.2, 0.25) is 5.91 Å². The molecule has 164 valence electrons. The van der Waals surface area contributed by atoms with E-state index in [1.165, 1.54) is 51.7 Å². The lowest BCUT2D eigenvalue weighted by Crippen LogP contribution is -2.52. The van der Waals surface area contributed by atoms with Crippen LogP contribution in [0.25, 0.3) is 0 Å². The summed E-state index contributed by atoms with van der Waals surface area (Å²) in [6.07, 6.45) is 8.34. The van der Waals surface area contributed by atoms with Gasteiger partial charge in [-0.25, -0.2) is 0 Å². The van der Waals surface area contributed by atoms with Crippen molar-refractivity contribution in [2.45, 2.75) is 57.0 Å². The highest BCUT2D eigenvalue weighted by molar-refractivity contribution is 5.79. The molecule has 4 aliphatic rings. The van der Waals surface area contributed by atoms with E-state index in [-0.39, 0.29) is 5.92 Å². The van der Waals surface area contributed by atoms with Crippen molar-refractivity contribution < 1.29 is 4.79 Å². The van der Waals surface area contributed by atoms with E-state index >= 15 is 0 Å². The number of hydrogen-bond acceptors (Lipinski definition) is 4. The van der Waals surface area contributed by atoms with E-state index in [1.54, 1.807) is 11.1 Å². The predicted octanol–water partition coefficient (Wildman–Crippen LogP) is 2.15. The second-order valence-electron chi connectivity index (χ2n) is 9.86. The predicted molar refractivity (Wildman–Crippen MR) is 121 cm³/mol. The van der Waals surface area contributed by atoms with Crippen LogP contribution in [0.3, 0.4) is 0 Å². The lowest BCUT2D eigenvalue weighted by Gasteiger charge is -2.44. The van der Waals surface area contributed by atoms with Crippen LogP contribution in [0.5, 0.6) is 0 Å². The summed E-state index contributed by atoms with van der Waals surface area (Å²) >= 11 is 0. The maximum atomic E-state index is 13.1. The van der Waals surface area contributed by atoms with E-state index < -0.39 is 0 Å². The number of fused-ring (bicyclic) bond motifs is 1. The number of amides is 1. The molecule has 1 atom stereocenters. The van der Waals surface area contributed by atoms with Crippen molar-refractivity contribution in [3.63, 3.8) is 0 Å². The van der Waals surface area contributed by atoms with Crippen molar-refractivity contribution in [3.05, 3.63) is 35.4 Å². The molecule has 0 saturated carbocycles. The monoisotopic (exact) mass is 410 g/mol. The summed E-state index contributed by atoms with van der Waals surface area (Å²) in [4.78, 5) is 20.7. The maximum absolute atomic E-state index is 13.1. The second kappa shape index (κ2) is 9.37. The third kappa shape index (κ3) is 4.44. The summed E-state index contributed by atoms with van der Waals surface area (Å²) in [6.45, 7) is 8.43. The Hall–Kier alpha value is -1.43. The van der Waals surface area contributed by atoms with E-state index in [4.69, 9.17) is 0 Å². The van der Waals surface area contributed by atoms with E-state index in [1.807, 2.05) is 0 Å². The number of rotatable bonds is 3. The van der Waals surface area contributed by atoms with Crippen LogP contribution < -0.4 is 5.32 Å². The molecule has 1 aromatic carbocycles. The first-order valence-corrected chi connectivity index (χ1v) is 12.3. The van der Waals surface area contributed by atoms with E-state index in [0.717, 1.165) is 45.6 Å². The summed E-state index contributed by atoms with van der Waals surface area (Å²) in [5.74, 6) is 0.642. The molecule has 5 nitrogen and oxygen atoms in total. The summed E-state index contributed by atoms with van der Waals surface area (Å²) in [7, 11) is 0. The number of carbonyl (C=O) groups excluding carboxylic acids is 1. The van der Waals surface area contributed by atoms with Crippen LogP contribution in [0.1, 0.15) is 43.2 Å². The van der Waals surface area contributed by atoms with E-state index in [2.05, 4.69) is 44.3 Å². The zero-order chi connectivity index (χ0) is 20.3. The Morgan fingerprint density at radius 3 is 2.33 bits per heavy atom. The zero-order valence-corrected chi connectivity index (χ0v) is 18.4. The molecule has 5 heteroatoms. The highest BCUT2D eigenvalue weighted by Crippen LogP contribution is 2.30. The van der Waals surface area contributed by atoms with Crippen LogP contribution >= 0.6 is 0 Å². The number of benzene rings is 1. The van der Waals surface area contributed by atoms with E-state index in [0.29, 0.717) is 18.0 Å². The Morgan fingerprint density at radius 2 is 1.57 bits per heavy atom. The fraction of sp³-hybridized carbons (Fsp3) is 0.720. The SMILES string of the molecule is O=C([C@@H]1CCCN(C2CCN(C3Cc4ccccc4C3)CC2)C1)N1CCCNCC1. The van der Waals surface area contributed by atoms with Crippen LogP contribution in [-0.4, -0.2) is 85.0 Å². The quantitative estimate of drug-likeness (QED) is 0.829. The molecule has 3 saturated heterocycles. The number of likely N-dealkylation sites (tertiary alicyclic amines) is 2. The Morgan fingerprint density at radius 1 is 0.800 bits per heavy atom. The summed E-state index contributed by atoms with van der Waals surface area (Å²) in [6, 6.07) is 10.4. The molecule has 1 aliphatic carbocycles. The minimum absolute atomic E-state index is 0.221. The molecule has 3 fully saturated rings. The van der Waals surface area contributed by atoms with Gasteiger partial charge in [-0.15, -0.1) is 0 Å². The Balaban J connectivity index is 1.12. The minimum Gasteiger partial charge on any atom is -0.341 e. The average Bonchev–Trinajstić information content (AvgIpc) is 3.05. The summed E-state index contributed by atoms with van der Waals surface area (Å²) in [5.41, 5.74) is 3.12. The number of carbonyl (C=O) groups is 1. The molecule has 1 N–H and O–H groups in total. The van der Waals surface area contributed by atoms with Gasteiger partial charge in [0.15, 0.2) is 0 Å². The van der Waals surface area contributed by atoms with Crippen molar-refractivity contribution in [1.29, 1.82) is 0 Å². The zero-order valence-electron chi connectivity index (χ0n) is 18.4. The molecule has 0 spiro atoms. The minimum atomic E-state index is 0.221. The van der Waals surface area contributed by atoms with Gasteiger partial charge in [0.1, 0.15) is 0 Å². The third-order valence-electron chi connectivity index (χ3n) is 8.02. The van der Waals surface area contributed by atoms with Gasteiger partial charge >= 0.3 is 0 Å². The lowest BCUT2D eigenvalue weighted by molar-refractivity contribution is -0.137. The Labute approximate surface area is 181 Å². The summed E-state index contributed by atoms with van der Waals surface area (Å²) < 4.78 is 0. The number of nitrogens with zero attached hydrogens (tertiary/aromatic N) is 3. The standard InChI is InChI=1S/C25H38N4O/c30-25(28-13-4-10-26-11-16-28)22-7-3-12-29(19-22)23-8-14-27(15-9-23)24-17-20-5-1-2-6-21(20)18-24/h1-2,5-6,22-24,26H,3-4,7-19H2/t22-/m1/s1. The van der Waals surface area contributed by atoms with Gasteiger partial charge in [0, 0.05) is 38.3 Å². The molecule has 1 aromatic rings. The van der Waals surface area contributed by atoms with E-state index in [9.17, 15) is 4.79 Å². The van der Waals surface area contributed by atoms with Gasteiger partial charge in [-0.05, 0) is 82.3 Å². The molecule has 30 heavy (non-hydrogen) atoms. The Bertz CT molecular complexity index is 697. The fourth-order valence-electron chi connectivity index (χ4n) is 6.27. The van der Waals surface area contributed by atoms with Gasteiger partial charge in [0.05, 0.1) is 5.92 Å². The smallest absolute Gasteiger partial charge is 0.227 e. The molecule has 3 heterocycles. The number of hydrogen-bond donors (Lipinski definition) is 1. The molecular weight excluding hydrogens is 372 g/mol. The molecule has 0 aromatic heterocycles. The summed E-state index contributed by atoms with van der Waals surface area (Å²) in [5, 5.41) is 3.42. The number of nitrogens with one attached hydrogen (secondary N) is 1. The van der Waals surface area contributed by atoms with Crippen molar-refractivity contribution >= 4 is 5.91 Å². The Kier molecular flexibility index (Phi) is 6.40. The van der Waals surface area contributed by atoms with Gasteiger partial charge in [0.25, 0.3) is 0 Å². The third-order valence-corrected chi connectivity index (χ3v) is 8.02. The normalized spacial score (nSPS) is 27.7. The number of piperidine rings is 2.